The van der Waals surface area contributed by atoms with Crippen molar-refractivity contribution in [3.63, 3.8) is 0 Å². The topological polar surface area (TPSA) is 63.3 Å². The summed E-state index contributed by atoms with van der Waals surface area (Å²) in [5.74, 6) is -1.01. The van der Waals surface area contributed by atoms with Gasteiger partial charge in [0.25, 0.3) is 0 Å². The number of rotatable bonds is 2. The summed E-state index contributed by atoms with van der Waals surface area (Å²) in [5.41, 5.74) is 0.702. The lowest BCUT2D eigenvalue weighted by Crippen LogP contribution is -2.11. The van der Waals surface area contributed by atoms with Crippen LogP contribution in [0.3, 0.4) is 0 Å². The third kappa shape index (κ3) is 2.24. The van der Waals surface area contributed by atoms with Crippen molar-refractivity contribution in [3.8, 4) is 10.4 Å². The number of aromatic nitrogens is 1. The summed E-state index contributed by atoms with van der Waals surface area (Å²) in [4.78, 5) is 16.0. The quantitative estimate of drug-likeness (QED) is 0.888. The molecule has 0 aliphatic rings. The number of carbonyl (C=O) groups is 1. The molecule has 2 rings (SSSR count). The Bertz CT molecular complexity index is 535. The van der Waals surface area contributed by atoms with Gasteiger partial charge in [0.15, 0.2) is 5.69 Å². The van der Waals surface area contributed by atoms with Crippen molar-refractivity contribution >= 4 is 17.3 Å². The third-order valence-corrected chi connectivity index (χ3v) is 3.78. The lowest BCUT2D eigenvalue weighted by molar-refractivity contribution is 0.0692. The van der Waals surface area contributed by atoms with Crippen molar-refractivity contribution in [2.24, 2.45) is 0 Å². The van der Waals surface area contributed by atoms with Crippen LogP contribution >= 0.6 is 11.3 Å². The van der Waals surface area contributed by atoms with Crippen LogP contribution in [0.1, 0.15) is 36.3 Å². The van der Waals surface area contributed by atoms with E-state index in [1.165, 1.54) is 23.9 Å². The molecule has 0 radical (unpaired) electrons. The predicted molar refractivity (Wildman–Crippen MR) is 65.5 cm³/mol. The number of aromatic carboxylic acids is 1. The summed E-state index contributed by atoms with van der Waals surface area (Å²) in [6.07, 6.45) is 3.06. The first-order valence-electron chi connectivity index (χ1n) is 5.17. The van der Waals surface area contributed by atoms with Crippen LogP contribution in [0.4, 0.5) is 0 Å². The minimum absolute atomic E-state index is 0.0984. The molecule has 0 fully saturated rings. The zero-order chi connectivity index (χ0) is 12.6. The normalized spacial score (nSPS) is 11.7. The van der Waals surface area contributed by atoms with Gasteiger partial charge in [-0.05, 0) is 6.07 Å². The van der Waals surface area contributed by atoms with Gasteiger partial charge in [-0.15, -0.1) is 11.3 Å². The fourth-order valence-corrected chi connectivity index (χ4v) is 2.48. The molecule has 0 aliphatic carbocycles. The van der Waals surface area contributed by atoms with E-state index in [9.17, 15) is 4.79 Å². The molecule has 0 aromatic carbocycles. The van der Waals surface area contributed by atoms with E-state index in [2.05, 4.69) is 4.98 Å². The zero-order valence-corrected chi connectivity index (χ0v) is 10.7. The summed E-state index contributed by atoms with van der Waals surface area (Å²) in [6, 6.07) is 1.74. The molecule has 0 bridgehead atoms. The Morgan fingerprint density at radius 3 is 2.65 bits per heavy atom. The maximum atomic E-state index is 11.2. The van der Waals surface area contributed by atoms with Gasteiger partial charge in [-0.1, -0.05) is 20.8 Å². The first-order chi connectivity index (χ1) is 7.89. The van der Waals surface area contributed by atoms with Gasteiger partial charge in [0, 0.05) is 11.0 Å². The SMILES string of the molecule is CC(C)(C)c1nc(C(=O)O)c(-c2ccoc2)s1. The van der Waals surface area contributed by atoms with E-state index >= 15 is 0 Å². The van der Waals surface area contributed by atoms with Gasteiger partial charge >= 0.3 is 5.97 Å². The van der Waals surface area contributed by atoms with Crippen LogP contribution in [0.15, 0.2) is 23.0 Å². The van der Waals surface area contributed by atoms with Crippen LogP contribution in [0.2, 0.25) is 0 Å². The monoisotopic (exact) mass is 251 g/mol. The van der Waals surface area contributed by atoms with Gasteiger partial charge in [-0.2, -0.15) is 0 Å². The van der Waals surface area contributed by atoms with E-state index in [-0.39, 0.29) is 11.1 Å². The Labute approximate surface area is 103 Å². The molecule has 0 unspecified atom stereocenters. The Kier molecular flexibility index (Phi) is 2.79. The van der Waals surface area contributed by atoms with Crippen molar-refractivity contribution < 1.29 is 14.3 Å². The average molecular weight is 251 g/mol. The third-order valence-electron chi connectivity index (χ3n) is 2.25. The smallest absolute Gasteiger partial charge is 0.356 e. The molecule has 0 saturated carbocycles. The summed E-state index contributed by atoms with van der Waals surface area (Å²) >= 11 is 1.40. The van der Waals surface area contributed by atoms with Gasteiger partial charge in [0.2, 0.25) is 0 Å². The van der Waals surface area contributed by atoms with Gasteiger partial charge in [-0.3, -0.25) is 0 Å². The number of hydrogen-bond donors (Lipinski definition) is 1. The summed E-state index contributed by atoms with van der Waals surface area (Å²) < 4.78 is 4.98. The van der Waals surface area contributed by atoms with E-state index < -0.39 is 5.97 Å². The molecule has 0 amide bonds. The average Bonchev–Trinajstić information content (AvgIpc) is 2.85. The minimum atomic E-state index is -1.01. The maximum absolute atomic E-state index is 11.2. The standard InChI is InChI=1S/C12H13NO3S/c1-12(2,3)11-13-8(10(14)15)9(17-11)7-4-5-16-6-7/h4-6H,1-3H3,(H,14,15). The number of hydrogen-bond acceptors (Lipinski definition) is 4. The Morgan fingerprint density at radius 2 is 2.18 bits per heavy atom. The summed E-state index contributed by atoms with van der Waals surface area (Å²) in [6.45, 7) is 6.03. The molecule has 0 atom stereocenters. The molecule has 0 saturated heterocycles. The van der Waals surface area contributed by atoms with E-state index in [0.717, 1.165) is 10.6 Å². The highest BCUT2D eigenvalue weighted by Crippen LogP contribution is 2.36. The molecule has 0 spiro atoms. The second kappa shape index (κ2) is 4.00. The first-order valence-corrected chi connectivity index (χ1v) is 5.98. The molecule has 2 heterocycles. The molecule has 90 valence electrons. The predicted octanol–water partition coefficient (Wildman–Crippen LogP) is 3.40. The Balaban J connectivity index is 2.58. The molecule has 17 heavy (non-hydrogen) atoms. The van der Waals surface area contributed by atoms with E-state index in [1.807, 2.05) is 20.8 Å². The van der Waals surface area contributed by atoms with Crippen molar-refractivity contribution in [2.75, 3.05) is 0 Å². The molecule has 4 nitrogen and oxygen atoms in total. The van der Waals surface area contributed by atoms with Gasteiger partial charge in [-0.25, -0.2) is 9.78 Å². The van der Waals surface area contributed by atoms with Crippen LogP contribution in [0, 0.1) is 0 Å². The second-order valence-corrected chi connectivity index (χ2v) is 5.76. The van der Waals surface area contributed by atoms with Crippen LogP contribution in [-0.2, 0) is 5.41 Å². The van der Waals surface area contributed by atoms with Crippen LogP contribution in [0.5, 0.6) is 0 Å². The van der Waals surface area contributed by atoms with Crippen molar-refractivity contribution in [1.29, 1.82) is 0 Å². The van der Waals surface area contributed by atoms with Crippen molar-refractivity contribution in [3.05, 3.63) is 29.3 Å². The highest BCUT2D eigenvalue weighted by molar-refractivity contribution is 7.15. The largest absolute Gasteiger partial charge is 0.476 e. The Hall–Kier alpha value is -1.62. The number of furan rings is 1. The first kappa shape index (κ1) is 11.9. The van der Waals surface area contributed by atoms with E-state index in [1.54, 1.807) is 6.07 Å². The molecular formula is C12H13NO3S. The van der Waals surface area contributed by atoms with Crippen LogP contribution in [0.25, 0.3) is 10.4 Å². The lowest BCUT2D eigenvalue weighted by atomic mass is 9.98. The summed E-state index contributed by atoms with van der Waals surface area (Å²) in [5, 5.41) is 9.97. The number of nitrogens with zero attached hydrogens (tertiary/aromatic N) is 1. The maximum Gasteiger partial charge on any atom is 0.356 e. The number of thiazole rings is 1. The van der Waals surface area contributed by atoms with Gasteiger partial charge in [0.05, 0.1) is 22.4 Å². The number of carboxylic acids is 1. The lowest BCUT2D eigenvalue weighted by Gasteiger charge is -2.13. The van der Waals surface area contributed by atoms with E-state index in [0.29, 0.717) is 4.88 Å². The minimum Gasteiger partial charge on any atom is -0.476 e. The van der Waals surface area contributed by atoms with Crippen LogP contribution in [-0.4, -0.2) is 16.1 Å². The van der Waals surface area contributed by atoms with Crippen LogP contribution < -0.4 is 0 Å². The fraction of sp³-hybridized carbons (Fsp3) is 0.333. The van der Waals surface area contributed by atoms with Crippen molar-refractivity contribution in [2.45, 2.75) is 26.2 Å². The summed E-state index contributed by atoms with van der Waals surface area (Å²) in [7, 11) is 0. The second-order valence-electron chi connectivity index (χ2n) is 4.76. The highest BCUT2D eigenvalue weighted by atomic mass is 32.1. The molecule has 2 aromatic rings. The number of carboxylic acid groups (broad SMARTS) is 1. The highest BCUT2D eigenvalue weighted by Gasteiger charge is 2.25. The van der Waals surface area contributed by atoms with E-state index in [4.69, 9.17) is 9.52 Å². The zero-order valence-electron chi connectivity index (χ0n) is 9.85. The molecule has 2 aromatic heterocycles. The molecule has 1 N–H and O–H groups in total. The van der Waals surface area contributed by atoms with Crippen molar-refractivity contribution in [1.82, 2.24) is 4.98 Å². The molecular weight excluding hydrogens is 238 g/mol. The fourth-order valence-electron chi connectivity index (χ4n) is 1.38. The molecule has 0 aliphatic heterocycles. The van der Waals surface area contributed by atoms with Gasteiger partial charge < -0.3 is 9.52 Å². The van der Waals surface area contributed by atoms with Gasteiger partial charge in [0.1, 0.15) is 0 Å². The molecule has 5 heteroatoms. The Morgan fingerprint density at radius 1 is 1.47 bits per heavy atom.